The zero-order valence-electron chi connectivity index (χ0n) is 13.5. The molecule has 22 heavy (non-hydrogen) atoms. The van der Waals surface area contributed by atoms with E-state index >= 15 is 0 Å². The third-order valence-corrected chi connectivity index (χ3v) is 4.17. The number of para-hydroxylation sites is 1. The molecule has 0 amide bonds. The number of rotatable bonds is 4. The van der Waals surface area contributed by atoms with Gasteiger partial charge in [0.05, 0.1) is 0 Å². The predicted octanol–water partition coefficient (Wildman–Crippen LogP) is 4.13. The molecule has 0 N–H and O–H groups in total. The molecule has 0 radical (unpaired) electrons. The van der Waals surface area contributed by atoms with Crippen molar-refractivity contribution in [2.24, 2.45) is 0 Å². The Labute approximate surface area is 133 Å². The molecule has 2 heteroatoms. The summed E-state index contributed by atoms with van der Waals surface area (Å²) in [5.41, 5.74) is 5.38. The fourth-order valence-corrected chi connectivity index (χ4v) is 3.00. The highest BCUT2D eigenvalue weighted by Gasteiger charge is 2.14. The Morgan fingerprint density at radius 1 is 0.909 bits per heavy atom. The molecule has 114 valence electrons. The van der Waals surface area contributed by atoms with Gasteiger partial charge < -0.3 is 9.80 Å². The first kappa shape index (κ1) is 14.9. The zero-order valence-corrected chi connectivity index (χ0v) is 13.5. The maximum atomic E-state index is 2.52. The van der Waals surface area contributed by atoms with Crippen LogP contribution in [0, 0.1) is 0 Å². The molecule has 2 nitrogen and oxygen atoms in total. The van der Waals surface area contributed by atoms with Gasteiger partial charge in [-0.3, -0.25) is 0 Å². The Balaban J connectivity index is 1.92. The van der Waals surface area contributed by atoms with Crippen molar-refractivity contribution in [2.45, 2.75) is 13.0 Å². The summed E-state index contributed by atoms with van der Waals surface area (Å²) in [6.07, 6.45) is 5.66. The second-order valence-corrected chi connectivity index (χ2v) is 6.17. The molecule has 1 aliphatic heterocycles. The minimum atomic E-state index is 0.977. The van der Waals surface area contributed by atoms with E-state index in [-0.39, 0.29) is 0 Å². The number of nitrogens with zero attached hydrogens (tertiary/aromatic N) is 2. The molecular weight excluding hydrogens is 268 g/mol. The molecule has 0 atom stereocenters. The van der Waals surface area contributed by atoms with E-state index in [0.717, 1.165) is 19.6 Å². The van der Waals surface area contributed by atoms with E-state index < -0.39 is 0 Å². The van der Waals surface area contributed by atoms with E-state index in [1.807, 2.05) is 0 Å². The molecule has 0 spiro atoms. The summed E-state index contributed by atoms with van der Waals surface area (Å²) in [6.45, 7) is 3.18. The van der Waals surface area contributed by atoms with Gasteiger partial charge in [0.2, 0.25) is 0 Å². The highest BCUT2D eigenvalue weighted by molar-refractivity contribution is 5.79. The molecule has 0 aliphatic carbocycles. The van der Waals surface area contributed by atoms with Crippen molar-refractivity contribution < 1.29 is 0 Å². The van der Waals surface area contributed by atoms with Crippen molar-refractivity contribution in [1.29, 1.82) is 0 Å². The number of hydrogen-bond acceptors (Lipinski definition) is 2. The van der Waals surface area contributed by atoms with Crippen molar-refractivity contribution in [1.82, 2.24) is 4.90 Å². The standard InChI is InChI=1S/C20H24N2/c1-21(2)14-7-15-22-16-19-10-4-3-8-17(19)12-13-18-9-5-6-11-20(18)22/h3-6,8-13H,7,14-16H2,1-2H3/b13-12-. The molecule has 0 saturated carbocycles. The van der Waals surface area contributed by atoms with Crippen LogP contribution in [0.2, 0.25) is 0 Å². The Hall–Kier alpha value is -2.06. The lowest BCUT2D eigenvalue weighted by atomic mass is 10.0. The van der Waals surface area contributed by atoms with Gasteiger partial charge in [0.25, 0.3) is 0 Å². The van der Waals surface area contributed by atoms with Gasteiger partial charge in [-0.25, -0.2) is 0 Å². The topological polar surface area (TPSA) is 6.48 Å². The molecule has 0 fully saturated rings. The second-order valence-electron chi connectivity index (χ2n) is 6.17. The van der Waals surface area contributed by atoms with E-state index in [2.05, 4.69) is 84.6 Å². The maximum absolute atomic E-state index is 2.52. The van der Waals surface area contributed by atoms with E-state index in [0.29, 0.717) is 0 Å². The average molecular weight is 292 g/mol. The summed E-state index contributed by atoms with van der Waals surface area (Å²) in [5.74, 6) is 0. The first-order chi connectivity index (χ1) is 10.7. The van der Waals surface area contributed by atoms with E-state index in [9.17, 15) is 0 Å². The van der Waals surface area contributed by atoms with Gasteiger partial charge in [-0.2, -0.15) is 0 Å². The van der Waals surface area contributed by atoms with Gasteiger partial charge >= 0.3 is 0 Å². The maximum Gasteiger partial charge on any atom is 0.0442 e. The van der Waals surface area contributed by atoms with Crippen LogP contribution >= 0.6 is 0 Å². The van der Waals surface area contributed by atoms with Crippen LogP contribution < -0.4 is 4.90 Å². The minimum absolute atomic E-state index is 0.977. The fraction of sp³-hybridized carbons (Fsp3) is 0.300. The lowest BCUT2D eigenvalue weighted by Crippen LogP contribution is -2.28. The quantitative estimate of drug-likeness (QED) is 0.836. The molecule has 0 bridgehead atoms. The van der Waals surface area contributed by atoms with E-state index in [4.69, 9.17) is 0 Å². The summed E-state index contributed by atoms with van der Waals surface area (Å²) in [4.78, 5) is 4.77. The van der Waals surface area contributed by atoms with Crippen LogP contribution in [0.25, 0.3) is 12.2 Å². The Morgan fingerprint density at radius 2 is 1.59 bits per heavy atom. The highest BCUT2D eigenvalue weighted by Crippen LogP contribution is 2.28. The van der Waals surface area contributed by atoms with Gasteiger partial charge in [0.15, 0.2) is 0 Å². The lowest BCUT2D eigenvalue weighted by molar-refractivity contribution is 0.400. The fourth-order valence-electron chi connectivity index (χ4n) is 3.00. The Kier molecular flexibility index (Phi) is 4.59. The van der Waals surface area contributed by atoms with Gasteiger partial charge in [-0.1, -0.05) is 54.6 Å². The molecule has 1 aliphatic rings. The zero-order chi connectivity index (χ0) is 15.4. The molecule has 2 aromatic rings. The first-order valence-corrected chi connectivity index (χ1v) is 7.99. The van der Waals surface area contributed by atoms with Crippen molar-refractivity contribution in [3.05, 3.63) is 65.2 Å². The minimum Gasteiger partial charge on any atom is -0.367 e. The summed E-state index contributed by atoms with van der Waals surface area (Å²) in [6, 6.07) is 17.4. The van der Waals surface area contributed by atoms with Crippen molar-refractivity contribution in [3.63, 3.8) is 0 Å². The number of fused-ring (bicyclic) bond motifs is 2. The van der Waals surface area contributed by atoms with E-state index in [1.54, 1.807) is 0 Å². The lowest BCUT2D eigenvalue weighted by Gasteiger charge is -2.29. The molecule has 1 heterocycles. The third kappa shape index (κ3) is 3.40. The number of anilines is 1. The van der Waals surface area contributed by atoms with Crippen LogP contribution in [0.15, 0.2) is 48.5 Å². The molecule has 0 saturated heterocycles. The SMILES string of the molecule is CN(C)CCCN1Cc2ccccc2/C=C\c2ccccc21. The van der Waals surface area contributed by atoms with E-state index in [1.165, 1.54) is 28.8 Å². The van der Waals surface area contributed by atoms with Crippen LogP contribution in [0.1, 0.15) is 23.1 Å². The van der Waals surface area contributed by atoms with Gasteiger partial charge in [0.1, 0.15) is 0 Å². The number of hydrogen-bond donors (Lipinski definition) is 0. The Morgan fingerprint density at radius 3 is 2.41 bits per heavy atom. The monoisotopic (exact) mass is 292 g/mol. The van der Waals surface area contributed by atoms with Crippen LogP contribution in [0.3, 0.4) is 0 Å². The smallest absolute Gasteiger partial charge is 0.0442 e. The summed E-state index contributed by atoms with van der Waals surface area (Å²) in [7, 11) is 4.28. The normalized spacial score (nSPS) is 15.0. The van der Waals surface area contributed by atoms with Crippen molar-refractivity contribution in [2.75, 3.05) is 32.1 Å². The summed E-state index contributed by atoms with van der Waals surface area (Å²) >= 11 is 0. The van der Waals surface area contributed by atoms with Crippen molar-refractivity contribution >= 4 is 17.8 Å². The summed E-state index contributed by atoms with van der Waals surface area (Å²) in [5, 5.41) is 0. The van der Waals surface area contributed by atoms with Gasteiger partial charge in [-0.15, -0.1) is 0 Å². The first-order valence-electron chi connectivity index (χ1n) is 7.99. The molecule has 0 unspecified atom stereocenters. The predicted molar refractivity (Wildman–Crippen MR) is 96.0 cm³/mol. The highest BCUT2D eigenvalue weighted by atomic mass is 15.1. The van der Waals surface area contributed by atoms with Crippen LogP contribution in [0.4, 0.5) is 5.69 Å². The molecule has 0 aromatic heterocycles. The van der Waals surface area contributed by atoms with Gasteiger partial charge in [0, 0.05) is 18.8 Å². The average Bonchev–Trinajstić information content (AvgIpc) is 2.51. The largest absolute Gasteiger partial charge is 0.367 e. The van der Waals surface area contributed by atoms with Gasteiger partial charge in [-0.05, 0) is 49.8 Å². The molecular formula is C20H24N2. The summed E-state index contributed by atoms with van der Waals surface area (Å²) < 4.78 is 0. The molecule has 3 rings (SSSR count). The van der Waals surface area contributed by atoms with Crippen LogP contribution in [-0.2, 0) is 6.54 Å². The van der Waals surface area contributed by atoms with Crippen LogP contribution in [0.5, 0.6) is 0 Å². The Bertz CT molecular complexity index is 658. The van der Waals surface area contributed by atoms with Crippen molar-refractivity contribution in [3.8, 4) is 0 Å². The molecule has 2 aromatic carbocycles. The van der Waals surface area contributed by atoms with Crippen LogP contribution in [-0.4, -0.2) is 32.1 Å². The third-order valence-electron chi connectivity index (χ3n) is 4.17. The second kappa shape index (κ2) is 6.80. The number of benzene rings is 2.